The second kappa shape index (κ2) is 15.9. The molecule has 1 atom stereocenters. The third-order valence-corrected chi connectivity index (χ3v) is 10.2. The number of aromatic nitrogens is 1. The zero-order chi connectivity index (χ0) is 35.4. The van der Waals surface area contributed by atoms with Crippen molar-refractivity contribution in [2.24, 2.45) is 4.99 Å². The van der Waals surface area contributed by atoms with Gasteiger partial charge < -0.3 is 14.2 Å². The summed E-state index contributed by atoms with van der Waals surface area (Å²) >= 11 is 13.3. The summed E-state index contributed by atoms with van der Waals surface area (Å²) in [6, 6.07) is 26.5. The summed E-state index contributed by atoms with van der Waals surface area (Å²) in [5.41, 5.74) is 3.77. The van der Waals surface area contributed by atoms with E-state index in [1.54, 1.807) is 60.9 Å². The van der Waals surface area contributed by atoms with Crippen LogP contribution >= 0.6 is 61.5 Å². The molecule has 50 heavy (non-hydrogen) atoms. The van der Waals surface area contributed by atoms with E-state index >= 15 is 0 Å². The number of carbonyl (C=O) groups excluding carboxylic acids is 2. The molecule has 5 aromatic rings. The Morgan fingerprint density at radius 1 is 0.960 bits per heavy atom. The van der Waals surface area contributed by atoms with E-state index < -0.39 is 12.0 Å². The number of thiazole rings is 1. The van der Waals surface area contributed by atoms with Gasteiger partial charge in [0.05, 0.1) is 44.2 Å². The van der Waals surface area contributed by atoms with Crippen molar-refractivity contribution in [3.8, 4) is 5.75 Å². The summed E-state index contributed by atoms with van der Waals surface area (Å²) < 4.78 is 20.6. The first kappa shape index (κ1) is 35.8. The number of carbonyl (C=O) groups is 2. The summed E-state index contributed by atoms with van der Waals surface area (Å²) in [7, 11) is 0. The summed E-state index contributed by atoms with van der Waals surface area (Å²) in [4.78, 5) is 45.6. The number of hydrogen-bond donors (Lipinski definition) is 0. The van der Waals surface area contributed by atoms with E-state index in [4.69, 9.17) is 30.8 Å². The Hall–Kier alpha value is -4.04. The minimum Gasteiger partial charge on any atom is -0.487 e. The van der Waals surface area contributed by atoms with Crippen LogP contribution in [0.1, 0.15) is 52.5 Å². The molecule has 254 valence electrons. The number of halogens is 3. The van der Waals surface area contributed by atoms with Crippen molar-refractivity contribution in [1.29, 1.82) is 0 Å². The van der Waals surface area contributed by atoms with Gasteiger partial charge in [-0.05, 0) is 90.0 Å². The maximum absolute atomic E-state index is 14.4. The lowest BCUT2D eigenvalue weighted by Gasteiger charge is -2.26. The summed E-state index contributed by atoms with van der Waals surface area (Å²) in [5.74, 6) is -0.354. The molecule has 12 heteroatoms. The third-order valence-electron chi connectivity index (χ3n) is 7.73. The molecule has 0 saturated carbocycles. The van der Waals surface area contributed by atoms with Gasteiger partial charge in [0.2, 0.25) is 0 Å². The lowest BCUT2D eigenvalue weighted by Crippen LogP contribution is -2.40. The Kier molecular flexibility index (Phi) is 11.4. The number of esters is 2. The number of nitrogens with zero attached hydrogens (tertiary/aromatic N) is 2. The molecule has 0 radical (unpaired) electrons. The molecule has 0 fully saturated rings. The molecule has 0 spiro atoms. The fourth-order valence-electron chi connectivity index (χ4n) is 5.49. The highest BCUT2D eigenvalue weighted by molar-refractivity contribution is 14.1. The third kappa shape index (κ3) is 7.65. The summed E-state index contributed by atoms with van der Waals surface area (Å²) in [6.45, 7) is 4.19. The van der Waals surface area contributed by atoms with Gasteiger partial charge in [-0.3, -0.25) is 9.36 Å². The van der Waals surface area contributed by atoms with Crippen molar-refractivity contribution in [2.45, 2.75) is 26.5 Å². The van der Waals surface area contributed by atoms with Crippen LogP contribution in [0.5, 0.6) is 5.75 Å². The van der Waals surface area contributed by atoms with Crippen molar-refractivity contribution in [2.75, 3.05) is 13.2 Å². The standard InChI is InChI=1S/C38H29BrClIN2O6S/c1-3-47-36(45)25-12-10-22(11-13-25)21-49-34-26(18-27(39)20-29(34)41)19-30-35(44)43-33(24-14-16-28(40)17-15-24)31(37(46)48-4-2)32(42-38(43)50-30)23-8-6-5-7-9-23/h5-20,33H,3-4,21H2,1-2H3/b30-19-/t33-/m0/s1. The molecule has 1 aliphatic rings. The van der Waals surface area contributed by atoms with E-state index in [0.29, 0.717) is 49.1 Å². The molecule has 6 rings (SSSR count). The first-order valence-electron chi connectivity index (χ1n) is 15.6. The predicted molar refractivity (Wildman–Crippen MR) is 206 cm³/mol. The largest absolute Gasteiger partial charge is 0.487 e. The Labute approximate surface area is 319 Å². The van der Waals surface area contributed by atoms with Crippen molar-refractivity contribution < 1.29 is 23.8 Å². The lowest BCUT2D eigenvalue weighted by atomic mass is 9.93. The maximum atomic E-state index is 14.4. The molecule has 1 aliphatic heterocycles. The van der Waals surface area contributed by atoms with E-state index in [9.17, 15) is 14.4 Å². The monoisotopic (exact) mass is 882 g/mol. The molecule has 0 bridgehead atoms. The van der Waals surface area contributed by atoms with Gasteiger partial charge in [-0.15, -0.1) is 0 Å². The van der Waals surface area contributed by atoms with Crippen LogP contribution in [0.15, 0.2) is 111 Å². The molecule has 0 N–H and O–H groups in total. The molecule has 1 aromatic heterocycles. The van der Waals surface area contributed by atoms with Crippen LogP contribution in [-0.4, -0.2) is 29.7 Å². The minimum absolute atomic E-state index is 0.155. The highest BCUT2D eigenvalue weighted by Gasteiger charge is 2.35. The fraction of sp³-hybridized carbons (Fsp3) is 0.158. The SMILES string of the molecule is CCOC(=O)C1=C(c2ccccc2)N=c2s/c(=C\c3cc(Br)cc(I)c3OCc3ccc(C(=O)OCC)cc3)c(=O)n2[C@H]1c1ccc(Cl)cc1. The number of ether oxygens (including phenoxy) is 3. The first-order valence-corrected chi connectivity index (χ1v) is 18.7. The van der Waals surface area contributed by atoms with Gasteiger partial charge in [0.25, 0.3) is 5.56 Å². The summed E-state index contributed by atoms with van der Waals surface area (Å²) in [5, 5.41) is 0.526. The Bertz CT molecular complexity index is 2290. The molecule has 2 heterocycles. The highest BCUT2D eigenvalue weighted by Crippen LogP contribution is 2.36. The molecular formula is C38H29BrClIN2O6S. The maximum Gasteiger partial charge on any atom is 0.338 e. The second-order valence-electron chi connectivity index (χ2n) is 11.0. The Morgan fingerprint density at radius 2 is 1.64 bits per heavy atom. The van der Waals surface area contributed by atoms with Crippen LogP contribution < -0.4 is 19.6 Å². The molecule has 4 aromatic carbocycles. The van der Waals surface area contributed by atoms with Crippen molar-refractivity contribution >= 4 is 85.2 Å². The van der Waals surface area contributed by atoms with Gasteiger partial charge in [0, 0.05) is 20.6 Å². The van der Waals surface area contributed by atoms with Crippen LogP contribution in [0.4, 0.5) is 0 Å². The van der Waals surface area contributed by atoms with E-state index in [1.807, 2.05) is 54.6 Å². The quantitative estimate of drug-likeness (QED) is 0.105. The highest BCUT2D eigenvalue weighted by atomic mass is 127. The number of rotatable bonds is 10. The zero-order valence-corrected chi connectivity index (χ0v) is 32.1. The van der Waals surface area contributed by atoms with Crippen LogP contribution in [0.3, 0.4) is 0 Å². The minimum atomic E-state index is -0.823. The normalized spacial score (nSPS) is 14.2. The Balaban J connectivity index is 1.48. The topological polar surface area (TPSA) is 96.2 Å². The molecule has 0 unspecified atom stereocenters. The van der Waals surface area contributed by atoms with Gasteiger partial charge in [-0.25, -0.2) is 14.6 Å². The average Bonchev–Trinajstić information content (AvgIpc) is 3.42. The van der Waals surface area contributed by atoms with E-state index in [1.165, 1.54) is 11.3 Å². The van der Waals surface area contributed by atoms with Gasteiger partial charge in [0.15, 0.2) is 4.80 Å². The Morgan fingerprint density at radius 3 is 2.32 bits per heavy atom. The predicted octanol–water partition coefficient (Wildman–Crippen LogP) is 7.71. The second-order valence-corrected chi connectivity index (χ2v) is 14.5. The molecule has 0 aliphatic carbocycles. The van der Waals surface area contributed by atoms with Gasteiger partial charge in [-0.2, -0.15) is 0 Å². The fourth-order valence-corrected chi connectivity index (χ4v) is 8.31. The first-order chi connectivity index (χ1) is 24.2. The van der Waals surface area contributed by atoms with Crippen LogP contribution in [0, 0.1) is 3.57 Å². The molecule has 8 nitrogen and oxygen atoms in total. The van der Waals surface area contributed by atoms with Crippen molar-refractivity contribution in [3.63, 3.8) is 0 Å². The molecule has 0 amide bonds. The van der Waals surface area contributed by atoms with Crippen LogP contribution in [0.2, 0.25) is 5.02 Å². The van der Waals surface area contributed by atoms with Crippen LogP contribution in [-0.2, 0) is 20.9 Å². The molecule has 0 saturated heterocycles. The number of fused-ring (bicyclic) bond motifs is 1. The van der Waals surface area contributed by atoms with Crippen molar-refractivity contribution in [3.05, 3.63) is 157 Å². The smallest absolute Gasteiger partial charge is 0.338 e. The van der Waals surface area contributed by atoms with Gasteiger partial charge in [-0.1, -0.05) is 93.5 Å². The van der Waals surface area contributed by atoms with Crippen molar-refractivity contribution in [1.82, 2.24) is 4.57 Å². The lowest BCUT2D eigenvalue weighted by molar-refractivity contribution is -0.138. The zero-order valence-electron chi connectivity index (χ0n) is 26.8. The van der Waals surface area contributed by atoms with Gasteiger partial charge >= 0.3 is 11.9 Å². The van der Waals surface area contributed by atoms with Crippen LogP contribution in [0.25, 0.3) is 11.8 Å². The number of benzene rings is 4. The molecular weight excluding hydrogens is 855 g/mol. The van der Waals surface area contributed by atoms with E-state index in [-0.39, 0.29) is 30.3 Å². The summed E-state index contributed by atoms with van der Waals surface area (Å²) in [6.07, 6.45) is 1.78. The van der Waals surface area contributed by atoms with Gasteiger partial charge in [0.1, 0.15) is 12.4 Å². The number of hydrogen-bond acceptors (Lipinski definition) is 8. The average molecular weight is 884 g/mol. The van der Waals surface area contributed by atoms with E-state index in [2.05, 4.69) is 38.5 Å². The van der Waals surface area contributed by atoms with E-state index in [0.717, 1.165) is 19.2 Å².